The Balaban J connectivity index is 2.16. The van der Waals surface area contributed by atoms with Crippen molar-refractivity contribution in [2.45, 2.75) is 39.8 Å². The number of benzene rings is 1. The summed E-state index contributed by atoms with van der Waals surface area (Å²) >= 11 is 0. The summed E-state index contributed by atoms with van der Waals surface area (Å²) in [4.78, 5) is 23.8. The number of nitrogens with one attached hydrogen (secondary N) is 2. The zero-order chi connectivity index (χ0) is 20.0. The van der Waals surface area contributed by atoms with Crippen LogP contribution in [0.5, 0.6) is 0 Å². The molecular formula is C19H23N5O3. The van der Waals surface area contributed by atoms with Gasteiger partial charge in [-0.05, 0) is 30.5 Å². The number of amides is 2. The number of carbonyl (C=O) groups excluding carboxylic acids is 1. The first-order chi connectivity index (χ1) is 12.8. The van der Waals surface area contributed by atoms with Gasteiger partial charge in [0.25, 0.3) is 0 Å². The fourth-order valence-corrected chi connectivity index (χ4v) is 2.68. The first kappa shape index (κ1) is 20.0. The number of hydrogen-bond donors (Lipinski definition) is 3. The second kappa shape index (κ2) is 8.85. The van der Waals surface area contributed by atoms with Gasteiger partial charge in [-0.2, -0.15) is 10.4 Å². The van der Waals surface area contributed by atoms with E-state index in [2.05, 4.69) is 29.6 Å². The van der Waals surface area contributed by atoms with Gasteiger partial charge in [0, 0.05) is 13.0 Å². The molecule has 142 valence electrons. The number of rotatable bonds is 7. The number of nitriles is 1. The molecule has 0 aliphatic rings. The maximum absolute atomic E-state index is 12.7. The first-order valence-corrected chi connectivity index (χ1v) is 8.62. The molecule has 2 aromatic rings. The van der Waals surface area contributed by atoms with Gasteiger partial charge in [0.2, 0.25) is 5.91 Å². The number of carboxylic acid groups (broad SMARTS) is 1. The summed E-state index contributed by atoms with van der Waals surface area (Å²) in [5.41, 5.74) is 2.49. The van der Waals surface area contributed by atoms with Crippen LogP contribution in [0.1, 0.15) is 30.7 Å². The van der Waals surface area contributed by atoms with E-state index in [-0.39, 0.29) is 6.42 Å². The standard InChI is InChI=1S/C19H23N5O3/c1-12(2)11-24-13(3)17(10-21-24)22-18(25)16(23-19(26)27)8-14-5-4-6-15(7-14)9-20/h4-7,10,12,16,23H,8,11H2,1-3H3,(H,22,25)(H,26,27). The van der Waals surface area contributed by atoms with E-state index in [0.717, 1.165) is 12.2 Å². The third-order valence-corrected chi connectivity index (χ3v) is 4.01. The summed E-state index contributed by atoms with van der Waals surface area (Å²) in [7, 11) is 0. The van der Waals surface area contributed by atoms with E-state index in [1.165, 1.54) is 0 Å². The highest BCUT2D eigenvalue weighted by molar-refractivity contribution is 5.96. The van der Waals surface area contributed by atoms with Gasteiger partial charge in [-0.1, -0.05) is 26.0 Å². The van der Waals surface area contributed by atoms with Gasteiger partial charge >= 0.3 is 6.09 Å². The minimum absolute atomic E-state index is 0.132. The van der Waals surface area contributed by atoms with Crippen molar-refractivity contribution >= 4 is 17.7 Å². The predicted molar refractivity (Wildman–Crippen MR) is 100 cm³/mol. The Hall–Kier alpha value is -3.34. The molecule has 0 saturated heterocycles. The number of hydrogen-bond acceptors (Lipinski definition) is 4. The smallest absolute Gasteiger partial charge is 0.405 e. The van der Waals surface area contributed by atoms with Crippen molar-refractivity contribution < 1.29 is 14.7 Å². The molecule has 1 heterocycles. The molecule has 0 saturated carbocycles. The van der Waals surface area contributed by atoms with E-state index in [1.54, 1.807) is 35.1 Å². The van der Waals surface area contributed by atoms with Crippen molar-refractivity contribution in [3.8, 4) is 6.07 Å². The maximum atomic E-state index is 12.7. The van der Waals surface area contributed by atoms with Crippen LogP contribution in [-0.2, 0) is 17.8 Å². The van der Waals surface area contributed by atoms with Gasteiger partial charge in [0.05, 0.1) is 29.2 Å². The molecule has 3 N–H and O–H groups in total. The minimum atomic E-state index is -1.29. The normalized spacial score (nSPS) is 11.7. The summed E-state index contributed by atoms with van der Waals surface area (Å²) in [6.45, 7) is 6.71. The molecule has 1 unspecified atom stereocenters. The third kappa shape index (κ3) is 5.57. The van der Waals surface area contributed by atoms with Gasteiger partial charge in [-0.3, -0.25) is 9.48 Å². The maximum Gasteiger partial charge on any atom is 0.405 e. The van der Waals surface area contributed by atoms with Gasteiger partial charge in [-0.25, -0.2) is 4.79 Å². The van der Waals surface area contributed by atoms with Crippen LogP contribution in [0.2, 0.25) is 0 Å². The molecule has 1 aromatic heterocycles. The molecule has 2 amide bonds. The summed E-state index contributed by atoms with van der Waals surface area (Å²) in [5, 5.41) is 27.3. The van der Waals surface area contributed by atoms with E-state index >= 15 is 0 Å². The lowest BCUT2D eigenvalue weighted by molar-refractivity contribution is -0.118. The van der Waals surface area contributed by atoms with Gasteiger partial charge < -0.3 is 15.7 Å². The van der Waals surface area contributed by atoms with Crippen molar-refractivity contribution in [3.05, 3.63) is 47.3 Å². The van der Waals surface area contributed by atoms with Crippen LogP contribution >= 0.6 is 0 Å². The molecule has 0 bridgehead atoms. The summed E-state index contributed by atoms with van der Waals surface area (Å²) in [5.74, 6) is -0.0760. The Kier molecular flexibility index (Phi) is 6.55. The molecular weight excluding hydrogens is 346 g/mol. The van der Waals surface area contributed by atoms with Crippen LogP contribution < -0.4 is 10.6 Å². The zero-order valence-electron chi connectivity index (χ0n) is 15.6. The van der Waals surface area contributed by atoms with Gasteiger partial charge in [0.15, 0.2) is 0 Å². The van der Waals surface area contributed by atoms with Crippen LogP contribution in [-0.4, -0.2) is 32.9 Å². The minimum Gasteiger partial charge on any atom is -0.465 e. The summed E-state index contributed by atoms with van der Waals surface area (Å²) in [6, 6.07) is 7.76. The van der Waals surface area contributed by atoms with E-state index in [4.69, 9.17) is 10.4 Å². The van der Waals surface area contributed by atoms with Crippen LogP contribution in [0.25, 0.3) is 0 Å². The van der Waals surface area contributed by atoms with E-state index in [1.807, 2.05) is 13.0 Å². The average molecular weight is 369 g/mol. The highest BCUT2D eigenvalue weighted by atomic mass is 16.4. The second-order valence-corrected chi connectivity index (χ2v) is 6.73. The molecule has 1 aromatic carbocycles. The fourth-order valence-electron chi connectivity index (χ4n) is 2.68. The van der Waals surface area contributed by atoms with Crippen molar-refractivity contribution in [1.29, 1.82) is 5.26 Å². The molecule has 27 heavy (non-hydrogen) atoms. The largest absolute Gasteiger partial charge is 0.465 e. The third-order valence-electron chi connectivity index (χ3n) is 4.01. The topological polar surface area (TPSA) is 120 Å². The average Bonchev–Trinajstić information content (AvgIpc) is 2.93. The van der Waals surface area contributed by atoms with Crippen molar-refractivity contribution in [3.63, 3.8) is 0 Å². The van der Waals surface area contributed by atoms with E-state index in [0.29, 0.717) is 22.7 Å². The quantitative estimate of drug-likeness (QED) is 0.693. The lowest BCUT2D eigenvalue weighted by atomic mass is 10.0. The van der Waals surface area contributed by atoms with Crippen molar-refractivity contribution in [2.75, 3.05) is 5.32 Å². The molecule has 8 nitrogen and oxygen atoms in total. The zero-order valence-corrected chi connectivity index (χ0v) is 15.6. The van der Waals surface area contributed by atoms with Crippen LogP contribution in [0, 0.1) is 24.2 Å². The lowest BCUT2D eigenvalue weighted by Gasteiger charge is -2.17. The molecule has 2 rings (SSSR count). The number of aromatic nitrogens is 2. The molecule has 0 aliphatic heterocycles. The van der Waals surface area contributed by atoms with E-state index in [9.17, 15) is 9.59 Å². The lowest BCUT2D eigenvalue weighted by Crippen LogP contribution is -2.44. The second-order valence-electron chi connectivity index (χ2n) is 6.73. The van der Waals surface area contributed by atoms with Crippen LogP contribution in [0.3, 0.4) is 0 Å². The summed E-state index contributed by atoms with van der Waals surface area (Å²) < 4.78 is 1.80. The molecule has 0 aliphatic carbocycles. The number of carbonyl (C=O) groups is 2. The Labute approximate surface area is 157 Å². The molecule has 0 fully saturated rings. The fraction of sp³-hybridized carbons (Fsp3) is 0.368. The Bertz CT molecular complexity index is 866. The monoisotopic (exact) mass is 369 g/mol. The first-order valence-electron chi connectivity index (χ1n) is 8.62. The van der Waals surface area contributed by atoms with Gasteiger partial charge in [0.1, 0.15) is 6.04 Å². The molecule has 1 atom stereocenters. The van der Waals surface area contributed by atoms with Crippen LogP contribution in [0.4, 0.5) is 10.5 Å². The number of anilines is 1. The van der Waals surface area contributed by atoms with Crippen molar-refractivity contribution in [2.24, 2.45) is 5.92 Å². The molecule has 8 heteroatoms. The SMILES string of the molecule is Cc1c(NC(=O)C(Cc2cccc(C#N)c2)NC(=O)O)cnn1CC(C)C. The van der Waals surface area contributed by atoms with Gasteiger partial charge in [-0.15, -0.1) is 0 Å². The summed E-state index contributed by atoms with van der Waals surface area (Å²) in [6.07, 6.45) is 0.398. The Morgan fingerprint density at radius 2 is 2.11 bits per heavy atom. The highest BCUT2D eigenvalue weighted by Gasteiger charge is 2.22. The van der Waals surface area contributed by atoms with Crippen LogP contribution in [0.15, 0.2) is 30.5 Å². The van der Waals surface area contributed by atoms with E-state index < -0.39 is 18.0 Å². The number of nitrogens with zero attached hydrogens (tertiary/aromatic N) is 3. The van der Waals surface area contributed by atoms with Crippen molar-refractivity contribution in [1.82, 2.24) is 15.1 Å². The molecule has 0 spiro atoms. The predicted octanol–water partition coefficient (Wildman–Crippen LogP) is 2.54. The Morgan fingerprint density at radius 1 is 1.37 bits per heavy atom. The Morgan fingerprint density at radius 3 is 2.74 bits per heavy atom. The molecule has 0 radical (unpaired) electrons. The highest BCUT2D eigenvalue weighted by Crippen LogP contribution is 2.16.